The number of rotatable bonds is 4. The van der Waals surface area contributed by atoms with E-state index in [0.717, 1.165) is 12.1 Å². The topological polar surface area (TPSA) is 66.5 Å². The predicted molar refractivity (Wildman–Crippen MR) is 65.2 cm³/mol. The van der Waals surface area contributed by atoms with Crippen LogP contribution in [0.3, 0.4) is 0 Å². The van der Waals surface area contributed by atoms with Crippen molar-refractivity contribution in [2.75, 3.05) is 11.1 Å². The summed E-state index contributed by atoms with van der Waals surface area (Å²) in [5.74, 6) is 0. The molecule has 0 aliphatic heterocycles. The summed E-state index contributed by atoms with van der Waals surface area (Å²) in [5, 5.41) is 19.7. The fraction of sp³-hybridized carbons (Fsp3) is 0.455. The quantitative estimate of drug-likeness (QED) is 0.588. The fourth-order valence-corrected chi connectivity index (χ4v) is 2.09. The van der Waals surface area contributed by atoms with Gasteiger partial charge in [0.25, 0.3) is 0 Å². The third kappa shape index (κ3) is 3.37. The number of aliphatic hydroxyl groups is 2. The lowest BCUT2D eigenvalue weighted by molar-refractivity contribution is -0.139. The van der Waals surface area contributed by atoms with Gasteiger partial charge >= 0.3 is 6.18 Å². The summed E-state index contributed by atoms with van der Waals surface area (Å²) in [7, 11) is 0. The molecular weight excluding hydrogens is 315 g/mol. The van der Waals surface area contributed by atoms with Crippen LogP contribution in [0.15, 0.2) is 18.2 Å². The molecule has 7 heteroatoms. The number of alkyl halides is 4. The SMILES string of the molecule is Nc1cccc(C(F)(F)F)c1C(O)C(O)CCBr. The molecule has 0 aliphatic rings. The van der Waals surface area contributed by atoms with Gasteiger partial charge in [-0.25, -0.2) is 0 Å². The Morgan fingerprint density at radius 3 is 2.39 bits per heavy atom. The average Bonchev–Trinajstić information content (AvgIpc) is 2.27. The molecule has 1 aromatic carbocycles. The monoisotopic (exact) mass is 327 g/mol. The van der Waals surface area contributed by atoms with Crippen LogP contribution in [0.2, 0.25) is 0 Å². The number of benzene rings is 1. The molecule has 0 heterocycles. The third-order valence-corrected chi connectivity index (χ3v) is 2.97. The summed E-state index contributed by atoms with van der Waals surface area (Å²) in [6, 6.07) is 3.25. The van der Waals surface area contributed by atoms with Crippen LogP contribution in [0.25, 0.3) is 0 Å². The van der Waals surface area contributed by atoms with Crippen molar-refractivity contribution in [2.45, 2.75) is 24.8 Å². The van der Waals surface area contributed by atoms with Gasteiger partial charge in [0, 0.05) is 16.6 Å². The van der Waals surface area contributed by atoms with E-state index < -0.39 is 29.5 Å². The first-order valence-corrected chi connectivity index (χ1v) is 6.29. The molecule has 0 saturated carbocycles. The molecular formula is C11H13BrF3NO2. The highest BCUT2D eigenvalue weighted by atomic mass is 79.9. The molecule has 1 rings (SSSR count). The van der Waals surface area contributed by atoms with Crippen LogP contribution in [0.5, 0.6) is 0 Å². The van der Waals surface area contributed by atoms with Gasteiger partial charge in [0.1, 0.15) is 6.10 Å². The minimum absolute atomic E-state index is 0.118. The van der Waals surface area contributed by atoms with Crippen molar-refractivity contribution in [3.05, 3.63) is 29.3 Å². The standard InChI is InChI=1S/C11H13BrF3NO2/c12-5-4-8(17)10(18)9-6(11(13,14)15)2-1-3-7(9)16/h1-3,8,10,17-18H,4-5,16H2. The smallest absolute Gasteiger partial charge is 0.398 e. The molecule has 0 aliphatic carbocycles. The van der Waals surface area contributed by atoms with Crippen LogP contribution >= 0.6 is 15.9 Å². The molecule has 3 nitrogen and oxygen atoms in total. The van der Waals surface area contributed by atoms with Gasteiger partial charge in [-0.3, -0.25) is 0 Å². The number of halogens is 4. The van der Waals surface area contributed by atoms with E-state index in [-0.39, 0.29) is 12.1 Å². The molecule has 0 bridgehead atoms. The van der Waals surface area contributed by atoms with E-state index >= 15 is 0 Å². The molecule has 102 valence electrons. The van der Waals surface area contributed by atoms with E-state index in [4.69, 9.17) is 5.73 Å². The maximum absolute atomic E-state index is 12.8. The molecule has 2 unspecified atom stereocenters. The predicted octanol–water partition coefficient (Wildman–Crippen LogP) is 2.47. The number of nitrogens with two attached hydrogens (primary N) is 1. The molecule has 0 amide bonds. The van der Waals surface area contributed by atoms with E-state index in [2.05, 4.69) is 15.9 Å². The summed E-state index contributed by atoms with van der Waals surface area (Å²) in [4.78, 5) is 0. The Balaban J connectivity index is 3.22. The fourth-order valence-electron chi connectivity index (χ4n) is 1.62. The molecule has 4 N–H and O–H groups in total. The van der Waals surface area contributed by atoms with Crippen LogP contribution in [-0.4, -0.2) is 21.6 Å². The number of hydrogen-bond acceptors (Lipinski definition) is 3. The van der Waals surface area contributed by atoms with Crippen LogP contribution in [0, 0.1) is 0 Å². The summed E-state index contributed by atoms with van der Waals surface area (Å²) >= 11 is 3.04. The zero-order valence-corrected chi connectivity index (χ0v) is 10.9. The highest BCUT2D eigenvalue weighted by Crippen LogP contribution is 2.38. The van der Waals surface area contributed by atoms with E-state index in [1.807, 2.05) is 0 Å². The van der Waals surface area contributed by atoms with Gasteiger partial charge in [0.2, 0.25) is 0 Å². The van der Waals surface area contributed by atoms with Crippen molar-refractivity contribution in [2.24, 2.45) is 0 Å². The lowest BCUT2D eigenvalue weighted by Crippen LogP contribution is -2.23. The largest absolute Gasteiger partial charge is 0.416 e. The van der Waals surface area contributed by atoms with Crippen molar-refractivity contribution in [3.8, 4) is 0 Å². The van der Waals surface area contributed by atoms with E-state index in [9.17, 15) is 23.4 Å². The highest BCUT2D eigenvalue weighted by molar-refractivity contribution is 9.09. The third-order valence-electron chi connectivity index (χ3n) is 2.51. The van der Waals surface area contributed by atoms with E-state index in [1.165, 1.54) is 6.07 Å². The minimum Gasteiger partial charge on any atom is -0.398 e. The molecule has 0 fully saturated rings. The summed E-state index contributed by atoms with van der Waals surface area (Å²) < 4.78 is 38.3. The van der Waals surface area contributed by atoms with Crippen molar-refractivity contribution in [3.63, 3.8) is 0 Å². The van der Waals surface area contributed by atoms with Gasteiger partial charge in [-0.2, -0.15) is 13.2 Å². The number of nitrogen functional groups attached to an aromatic ring is 1. The normalized spacial score (nSPS) is 15.4. The van der Waals surface area contributed by atoms with Crippen LogP contribution in [0.4, 0.5) is 18.9 Å². The van der Waals surface area contributed by atoms with Crippen LogP contribution in [-0.2, 0) is 6.18 Å². The van der Waals surface area contributed by atoms with Gasteiger partial charge in [-0.1, -0.05) is 22.0 Å². The number of anilines is 1. The molecule has 0 spiro atoms. The minimum atomic E-state index is -4.63. The lowest BCUT2D eigenvalue weighted by atomic mass is 9.95. The van der Waals surface area contributed by atoms with Gasteiger partial charge in [-0.15, -0.1) is 0 Å². The second-order valence-electron chi connectivity index (χ2n) is 3.80. The maximum atomic E-state index is 12.8. The van der Waals surface area contributed by atoms with Crippen molar-refractivity contribution in [1.82, 2.24) is 0 Å². The second-order valence-corrected chi connectivity index (χ2v) is 4.59. The first kappa shape index (κ1) is 15.3. The zero-order chi connectivity index (χ0) is 13.9. The molecule has 0 saturated heterocycles. The van der Waals surface area contributed by atoms with Crippen molar-refractivity contribution >= 4 is 21.6 Å². The zero-order valence-electron chi connectivity index (χ0n) is 9.28. The Morgan fingerprint density at radius 2 is 1.89 bits per heavy atom. The van der Waals surface area contributed by atoms with Crippen LogP contribution in [0.1, 0.15) is 23.7 Å². The first-order valence-electron chi connectivity index (χ1n) is 5.16. The van der Waals surface area contributed by atoms with Gasteiger partial charge < -0.3 is 15.9 Å². The molecule has 2 atom stereocenters. The van der Waals surface area contributed by atoms with Gasteiger partial charge in [0.05, 0.1) is 11.7 Å². The summed E-state index contributed by atoms with van der Waals surface area (Å²) in [6.45, 7) is 0. The van der Waals surface area contributed by atoms with Crippen LogP contribution < -0.4 is 5.73 Å². The van der Waals surface area contributed by atoms with Gasteiger partial charge in [-0.05, 0) is 18.6 Å². The summed E-state index contributed by atoms with van der Waals surface area (Å²) in [5.41, 5.74) is 3.78. The Hall–Kier alpha value is -0.790. The lowest BCUT2D eigenvalue weighted by Gasteiger charge is -2.23. The van der Waals surface area contributed by atoms with Gasteiger partial charge in [0.15, 0.2) is 0 Å². The molecule has 18 heavy (non-hydrogen) atoms. The Kier molecular flexibility index (Phi) is 5.01. The molecule has 0 aromatic heterocycles. The van der Waals surface area contributed by atoms with Crippen molar-refractivity contribution in [1.29, 1.82) is 0 Å². The number of hydrogen-bond donors (Lipinski definition) is 3. The van der Waals surface area contributed by atoms with Crippen molar-refractivity contribution < 1.29 is 23.4 Å². The summed E-state index contributed by atoms with van der Waals surface area (Å²) in [6.07, 6.45) is -7.48. The first-order chi connectivity index (χ1) is 8.29. The highest BCUT2D eigenvalue weighted by Gasteiger charge is 2.37. The maximum Gasteiger partial charge on any atom is 0.416 e. The molecule has 0 radical (unpaired) electrons. The Morgan fingerprint density at radius 1 is 1.28 bits per heavy atom. The Labute approximate surface area is 111 Å². The molecule has 1 aromatic rings. The average molecular weight is 328 g/mol. The number of aliphatic hydroxyl groups excluding tert-OH is 2. The second kappa shape index (κ2) is 5.90. The van der Waals surface area contributed by atoms with E-state index in [0.29, 0.717) is 5.33 Å². The Bertz CT molecular complexity index is 412. The van der Waals surface area contributed by atoms with E-state index in [1.54, 1.807) is 0 Å².